The van der Waals surface area contributed by atoms with Crippen LogP contribution in [0.3, 0.4) is 0 Å². The lowest BCUT2D eigenvalue weighted by molar-refractivity contribution is 0.0776. The van der Waals surface area contributed by atoms with Gasteiger partial charge in [-0.15, -0.1) is 0 Å². The number of anilines is 1. The van der Waals surface area contributed by atoms with Crippen LogP contribution >= 0.6 is 0 Å². The molecule has 3 rings (SSSR count). The molecule has 32 heavy (non-hydrogen) atoms. The molecule has 0 bridgehead atoms. The third-order valence-corrected chi connectivity index (χ3v) is 6.79. The van der Waals surface area contributed by atoms with E-state index >= 15 is 0 Å². The standard InChI is InChI=1S/C22H28FN3O5S/c1-14(2)25-12-21(24-32(30,31)26(18-6-7-18)11-19(28)13-27)17(10-22(25)29)9-16-5-4-15(3)8-20(16)23/h4-5,8,10,12,18-19,24,27-28H,1,6-7,9,11,13H2,2-3H3. The molecule has 2 aromatic rings. The Bertz CT molecular complexity index is 1170. The highest BCUT2D eigenvalue weighted by atomic mass is 32.2. The number of pyridine rings is 1. The summed E-state index contributed by atoms with van der Waals surface area (Å²) in [5.74, 6) is -0.450. The summed E-state index contributed by atoms with van der Waals surface area (Å²) in [6.07, 6.45) is 1.39. The summed E-state index contributed by atoms with van der Waals surface area (Å²) >= 11 is 0. The van der Waals surface area contributed by atoms with Crippen molar-refractivity contribution in [3.8, 4) is 0 Å². The number of rotatable bonds is 10. The summed E-state index contributed by atoms with van der Waals surface area (Å²) in [4.78, 5) is 12.5. The molecule has 174 valence electrons. The molecule has 0 aliphatic heterocycles. The van der Waals surface area contributed by atoms with Crippen molar-refractivity contribution in [2.45, 2.75) is 45.3 Å². The number of aryl methyl sites for hydroxylation is 1. The minimum Gasteiger partial charge on any atom is -0.394 e. The first-order chi connectivity index (χ1) is 15.0. The first-order valence-corrected chi connectivity index (χ1v) is 11.7. The molecular weight excluding hydrogens is 437 g/mol. The highest BCUT2D eigenvalue weighted by Crippen LogP contribution is 2.31. The van der Waals surface area contributed by atoms with Gasteiger partial charge in [-0.1, -0.05) is 18.7 Å². The van der Waals surface area contributed by atoms with Crippen molar-refractivity contribution in [2.75, 3.05) is 17.9 Å². The van der Waals surface area contributed by atoms with Gasteiger partial charge in [0.25, 0.3) is 5.56 Å². The van der Waals surface area contributed by atoms with Gasteiger partial charge in [-0.25, -0.2) is 4.39 Å². The van der Waals surface area contributed by atoms with Crippen LogP contribution in [0.1, 0.15) is 36.5 Å². The predicted molar refractivity (Wildman–Crippen MR) is 121 cm³/mol. The van der Waals surface area contributed by atoms with Crippen molar-refractivity contribution in [3.05, 3.63) is 69.9 Å². The van der Waals surface area contributed by atoms with Crippen molar-refractivity contribution >= 4 is 21.6 Å². The highest BCUT2D eigenvalue weighted by Gasteiger charge is 2.38. The largest absolute Gasteiger partial charge is 0.394 e. The fourth-order valence-electron chi connectivity index (χ4n) is 3.38. The number of nitrogens with zero attached hydrogens (tertiary/aromatic N) is 2. The third kappa shape index (κ3) is 5.63. The molecular formula is C22H28FN3O5S. The minimum absolute atomic E-state index is 0.00106. The van der Waals surface area contributed by atoms with Crippen LogP contribution in [0.2, 0.25) is 0 Å². The summed E-state index contributed by atoms with van der Waals surface area (Å²) < 4.78 is 45.6. The number of halogens is 1. The average molecular weight is 466 g/mol. The van der Waals surface area contributed by atoms with E-state index in [-0.39, 0.29) is 24.7 Å². The molecule has 0 amide bonds. The lowest BCUT2D eigenvalue weighted by Crippen LogP contribution is -2.43. The van der Waals surface area contributed by atoms with Crippen LogP contribution in [0.4, 0.5) is 10.1 Å². The van der Waals surface area contributed by atoms with Gasteiger partial charge in [0.15, 0.2) is 0 Å². The van der Waals surface area contributed by atoms with E-state index < -0.39 is 34.3 Å². The van der Waals surface area contributed by atoms with Gasteiger partial charge in [0.05, 0.1) is 18.4 Å². The average Bonchev–Trinajstić information content (AvgIpc) is 3.54. The Kier molecular flexibility index (Phi) is 7.19. The van der Waals surface area contributed by atoms with Crippen molar-refractivity contribution in [2.24, 2.45) is 0 Å². The first kappa shape index (κ1) is 24.1. The fourth-order valence-corrected chi connectivity index (χ4v) is 4.93. The highest BCUT2D eigenvalue weighted by molar-refractivity contribution is 7.90. The third-order valence-electron chi connectivity index (χ3n) is 5.24. The zero-order valence-corrected chi connectivity index (χ0v) is 18.9. The molecule has 8 nitrogen and oxygen atoms in total. The number of hydrogen-bond donors (Lipinski definition) is 3. The van der Waals surface area contributed by atoms with Crippen molar-refractivity contribution in [1.82, 2.24) is 8.87 Å². The molecule has 1 aromatic carbocycles. The SMILES string of the molecule is C=C(C)n1cc(NS(=O)(=O)N(CC(O)CO)C2CC2)c(Cc2ccc(C)cc2F)cc1=O. The second kappa shape index (κ2) is 9.53. The van der Waals surface area contributed by atoms with Crippen molar-refractivity contribution in [1.29, 1.82) is 0 Å². The van der Waals surface area contributed by atoms with Gasteiger partial charge < -0.3 is 10.2 Å². The smallest absolute Gasteiger partial charge is 0.302 e. The van der Waals surface area contributed by atoms with Crippen molar-refractivity contribution < 1.29 is 23.0 Å². The first-order valence-electron chi connectivity index (χ1n) is 10.3. The quantitative estimate of drug-likeness (QED) is 0.496. The van der Waals surface area contributed by atoms with Crippen LogP contribution in [-0.4, -0.2) is 52.8 Å². The van der Waals surface area contributed by atoms with E-state index in [1.54, 1.807) is 26.0 Å². The molecule has 0 spiro atoms. The van der Waals surface area contributed by atoms with Crippen LogP contribution in [0.15, 0.2) is 41.8 Å². The molecule has 1 atom stereocenters. The Morgan fingerprint density at radius 2 is 2.03 bits per heavy atom. The number of nitrogens with one attached hydrogen (secondary N) is 1. The Morgan fingerprint density at radius 1 is 1.34 bits per heavy atom. The summed E-state index contributed by atoms with van der Waals surface area (Å²) in [7, 11) is -4.13. The van der Waals surface area contributed by atoms with Gasteiger partial charge >= 0.3 is 10.2 Å². The Balaban J connectivity index is 2.02. The second-order valence-corrected chi connectivity index (χ2v) is 9.80. The van der Waals surface area contributed by atoms with E-state index in [0.29, 0.717) is 29.7 Å². The Morgan fingerprint density at radius 3 is 2.59 bits per heavy atom. The number of benzene rings is 1. The van der Waals surface area contributed by atoms with Crippen LogP contribution in [0.5, 0.6) is 0 Å². The van der Waals surface area contributed by atoms with E-state index in [4.69, 9.17) is 5.11 Å². The zero-order valence-electron chi connectivity index (χ0n) is 18.1. The minimum atomic E-state index is -4.13. The van der Waals surface area contributed by atoms with E-state index in [1.165, 1.54) is 22.9 Å². The van der Waals surface area contributed by atoms with E-state index in [0.717, 1.165) is 9.87 Å². The zero-order chi connectivity index (χ0) is 23.6. The van der Waals surface area contributed by atoms with Crippen LogP contribution < -0.4 is 10.3 Å². The molecule has 3 N–H and O–H groups in total. The van der Waals surface area contributed by atoms with E-state index in [2.05, 4.69) is 11.3 Å². The molecule has 1 aliphatic carbocycles. The molecule has 0 radical (unpaired) electrons. The van der Waals surface area contributed by atoms with Crippen LogP contribution in [0.25, 0.3) is 5.70 Å². The Labute approximate surface area is 186 Å². The fraction of sp³-hybridized carbons (Fsp3) is 0.409. The molecule has 1 aliphatic rings. The molecule has 1 fully saturated rings. The maximum atomic E-state index is 14.4. The molecule has 1 unspecified atom stereocenters. The predicted octanol–water partition coefficient (Wildman–Crippen LogP) is 1.85. The summed E-state index contributed by atoms with van der Waals surface area (Å²) in [5.41, 5.74) is 1.44. The summed E-state index contributed by atoms with van der Waals surface area (Å²) in [5, 5.41) is 19.0. The van der Waals surface area contributed by atoms with Crippen LogP contribution in [0, 0.1) is 12.7 Å². The molecule has 1 aromatic heterocycles. The molecule has 10 heteroatoms. The van der Waals surface area contributed by atoms with Crippen molar-refractivity contribution in [3.63, 3.8) is 0 Å². The van der Waals surface area contributed by atoms with Gasteiger partial charge in [0.2, 0.25) is 0 Å². The lowest BCUT2D eigenvalue weighted by atomic mass is 10.0. The number of allylic oxidation sites excluding steroid dienone is 1. The summed E-state index contributed by atoms with van der Waals surface area (Å²) in [6, 6.07) is 5.69. The van der Waals surface area contributed by atoms with Gasteiger partial charge in [-0.05, 0) is 49.4 Å². The second-order valence-electron chi connectivity index (χ2n) is 8.17. The molecule has 1 heterocycles. The maximum Gasteiger partial charge on any atom is 0.302 e. The van der Waals surface area contributed by atoms with Crippen LogP contribution in [-0.2, 0) is 16.6 Å². The molecule has 0 saturated heterocycles. The molecule has 1 saturated carbocycles. The number of aliphatic hydroxyl groups is 2. The number of hydrogen-bond acceptors (Lipinski definition) is 5. The lowest BCUT2D eigenvalue weighted by Gasteiger charge is -2.25. The van der Waals surface area contributed by atoms with E-state index in [9.17, 15) is 22.7 Å². The normalized spacial score (nSPS) is 15.1. The number of aliphatic hydroxyl groups excluding tert-OH is 2. The monoisotopic (exact) mass is 465 g/mol. The maximum absolute atomic E-state index is 14.4. The van der Waals surface area contributed by atoms with Gasteiger partial charge in [0.1, 0.15) is 5.82 Å². The van der Waals surface area contributed by atoms with E-state index in [1.807, 2.05) is 0 Å². The van der Waals surface area contributed by atoms with Gasteiger partial charge in [-0.2, -0.15) is 12.7 Å². The topological polar surface area (TPSA) is 112 Å². The summed E-state index contributed by atoms with van der Waals surface area (Å²) in [6.45, 7) is 6.26. The van der Waals surface area contributed by atoms with Gasteiger partial charge in [0, 0.05) is 37.0 Å². The number of aromatic nitrogens is 1. The van der Waals surface area contributed by atoms with Gasteiger partial charge in [-0.3, -0.25) is 14.1 Å². The Hall–Kier alpha value is -2.53.